The quantitative estimate of drug-likeness (QED) is 0.609. The molecule has 2 aromatic carbocycles. The molecule has 6 nitrogen and oxygen atoms in total. The van der Waals surface area contributed by atoms with Gasteiger partial charge in [0.15, 0.2) is 11.5 Å². The first-order valence-corrected chi connectivity index (χ1v) is 8.85. The number of rotatable bonds is 9. The Labute approximate surface area is 161 Å². The predicted molar refractivity (Wildman–Crippen MR) is 104 cm³/mol. The topological polar surface area (TPSA) is 66.0 Å². The van der Waals surface area contributed by atoms with Crippen LogP contribution in [-0.2, 0) is 4.79 Å². The van der Waals surface area contributed by atoms with Gasteiger partial charge in [-0.25, -0.2) is 0 Å². The van der Waals surface area contributed by atoms with E-state index in [0.29, 0.717) is 42.4 Å². The molecule has 0 aliphatic rings. The van der Waals surface area contributed by atoms with Gasteiger partial charge >= 0.3 is 0 Å². The summed E-state index contributed by atoms with van der Waals surface area (Å²) >= 11 is 3.39. The summed E-state index contributed by atoms with van der Waals surface area (Å²) < 4.78 is 22.4. The monoisotopic (exact) mass is 423 g/mol. The SMILES string of the molecule is COc1cc(NC(=O)CCCOc2cccc(Br)c2)cc(OC)c1OC. The Bertz CT molecular complexity index is 725. The molecule has 0 atom stereocenters. The first-order chi connectivity index (χ1) is 12.6. The summed E-state index contributed by atoms with van der Waals surface area (Å²) in [6.07, 6.45) is 0.938. The molecule has 0 aliphatic carbocycles. The first-order valence-electron chi connectivity index (χ1n) is 8.05. The number of ether oxygens (including phenoxy) is 4. The average Bonchev–Trinajstić information content (AvgIpc) is 2.64. The standard InChI is InChI=1S/C19H22BrNO5/c1-23-16-11-14(12-17(24-2)19(16)25-3)21-18(22)8-5-9-26-15-7-4-6-13(20)10-15/h4,6-7,10-12H,5,8-9H2,1-3H3,(H,21,22). The van der Waals surface area contributed by atoms with Gasteiger partial charge in [-0.3, -0.25) is 4.79 Å². The lowest BCUT2D eigenvalue weighted by Crippen LogP contribution is -2.13. The molecule has 7 heteroatoms. The third-order valence-corrected chi connectivity index (χ3v) is 4.05. The number of hydrogen-bond donors (Lipinski definition) is 1. The summed E-state index contributed by atoms with van der Waals surface area (Å²) in [7, 11) is 4.59. The van der Waals surface area contributed by atoms with Crippen LogP contribution in [0.5, 0.6) is 23.0 Å². The second-order valence-corrected chi connectivity index (χ2v) is 6.29. The van der Waals surface area contributed by atoms with Crippen molar-refractivity contribution in [2.75, 3.05) is 33.3 Å². The molecule has 2 rings (SSSR count). The highest BCUT2D eigenvalue weighted by molar-refractivity contribution is 9.10. The fourth-order valence-corrected chi connectivity index (χ4v) is 2.73. The number of hydrogen-bond acceptors (Lipinski definition) is 5. The zero-order valence-electron chi connectivity index (χ0n) is 15.0. The highest BCUT2D eigenvalue weighted by Crippen LogP contribution is 2.39. The van der Waals surface area contributed by atoms with Crippen LogP contribution in [0.1, 0.15) is 12.8 Å². The third-order valence-electron chi connectivity index (χ3n) is 3.56. The van der Waals surface area contributed by atoms with Gasteiger partial charge in [0, 0.05) is 28.7 Å². The Kier molecular flexibility index (Phi) is 7.59. The lowest BCUT2D eigenvalue weighted by molar-refractivity contribution is -0.116. The molecule has 0 heterocycles. The van der Waals surface area contributed by atoms with Gasteiger partial charge in [-0.1, -0.05) is 22.0 Å². The molecule has 1 N–H and O–H groups in total. The van der Waals surface area contributed by atoms with Crippen molar-refractivity contribution in [1.29, 1.82) is 0 Å². The molecule has 0 saturated carbocycles. The lowest BCUT2D eigenvalue weighted by atomic mass is 10.2. The van der Waals surface area contributed by atoms with Crippen LogP contribution in [0.25, 0.3) is 0 Å². The number of halogens is 1. The fraction of sp³-hybridized carbons (Fsp3) is 0.316. The van der Waals surface area contributed by atoms with Gasteiger partial charge < -0.3 is 24.3 Å². The molecule has 0 unspecified atom stereocenters. The Hall–Kier alpha value is -2.41. The number of carbonyl (C=O) groups is 1. The number of amides is 1. The second-order valence-electron chi connectivity index (χ2n) is 5.37. The summed E-state index contributed by atoms with van der Waals surface area (Å²) in [6.45, 7) is 0.457. The van der Waals surface area contributed by atoms with Gasteiger partial charge in [-0.2, -0.15) is 0 Å². The van der Waals surface area contributed by atoms with E-state index in [4.69, 9.17) is 18.9 Å². The fourth-order valence-electron chi connectivity index (χ4n) is 2.36. The van der Waals surface area contributed by atoms with Crippen molar-refractivity contribution in [3.63, 3.8) is 0 Å². The van der Waals surface area contributed by atoms with Crippen LogP contribution in [0.3, 0.4) is 0 Å². The van der Waals surface area contributed by atoms with E-state index in [2.05, 4.69) is 21.2 Å². The highest BCUT2D eigenvalue weighted by Gasteiger charge is 2.14. The van der Waals surface area contributed by atoms with E-state index >= 15 is 0 Å². The van der Waals surface area contributed by atoms with Crippen molar-refractivity contribution < 1.29 is 23.7 Å². The molecule has 140 valence electrons. The molecule has 0 aromatic heterocycles. The first kappa shape index (κ1) is 19.9. The van der Waals surface area contributed by atoms with Gasteiger partial charge in [-0.05, 0) is 24.6 Å². The zero-order valence-corrected chi connectivity index (χ0v) is 16.6. The number of benzene rings is 2. The van der Waals surface area contributed by atoms with Crippen molar-refractivity contribution in [2.45, 2.75) is 12.8 Å². The van der Waals surface area contributed by atoms with Crippen LogP contribution in [0.2, 0.25) is 0 Å². The van der Waals surface area contributed by atoms with Crippen LogP contribution in [-0.4, -0.2) is 33.8 Å². The predicted octanol–water partition coefficient (Wildman–Crippen LogP) is 4.27. The van der Waals surface area contributed by atoms with E-state index in [0.717, 1.165) is 10.2 Å². The van der Waals surface area contributed by atoms with E-state index in [1.807, 2.05) is 24.3 Å². The van der Waals surface area contributed by atoms with Crippen molar-refractivity contribution in [1.82, 2.24) is 0 Å². The number of carbonyl (C=O) groups excluding carboxylic acids is 1. The number of methoxy groups -OCH3 is 3. The van der Waals surface area contributed by atoms with Gasteiger partial charge in [0.25, 0.3) is 0 Å². The molecule has 0 spiro atoms. The Morgan fingerprint density at radius 1 is 1.04 bits per heavy atom. The molecule has 0 aliphatic heterocycles. The molecule has 1 amide bonds. The van der Waals surface area contributed by atoms with Crippen LogP contribution in [0, 0.1) is 0 Å². The van der Waals surface area contributed by atoms with Crippen LogP contribution in [0.4, 0.5) is 5.69 Å². The summed E-state index contributed by atoms with van der Waals surface area (Å²) in [4.78, 5) is 12.1. The van der Waals surface area contributed by atoms with Crippen molar-refractivity contribution >= 4 is 27.5 Å². The van der Waals surface area contributed by atoms with E-state index in [1.54, 1.807) is 12.1 Å². The minimum Gasteiger partial charge on any atom is -0.494 e. The number of nitrogens with one attached hydrogen (secondary N) is 1. The van der Waals surface area contributed by atoms with E-state index < -0.39 is 0 Å². The summed E-state index contributed by atoms with van der Waals surface area (Å²) in [5, 5.41) is 2.83. The molecule has 0 saturated heterocycles. The largest absolute Gasteiger partial charge is 0.494 e. The minimum atomic E-state index is -0.114. The van der Waals surface area contributed by atoms with E-state index in [1.165, 1.54) is 21.3 Å². The number of anilines is 1. The highest BCUT2D eigenvalue weighted by atomic mass is 79.9. The maximum Gasteiger partial charge on any atom is 0.224 e. The Morgan fingerprint density at radius 2 is 1.73 bits per heavy atom. The summed E-state index contributed by atoms with van der Waals surface area (Å²) in [5.74, 6) is 2.11. The van der Waals surface area contributed by atoms with Crippen LogP contribution in [0.15, 0.2) is 40.9 Å². The maximum atomic E-state index is 12.1. The Balaban J connectivity index is 1.87. The van der Waals surface area contributed by atoms with Gasteiger partial charge in [-0.15, -0.1) is 0 Å². The van der Waals surface area contributed by atoms with Gasteiger partial charge in [0.1, 0.15) is 5.75 Å². The lowest BCUT2D eigenvalue weighted by Gasteiger charge is -2.14. The maximum absolute atomic E-state index is 12.1. The minimum absolute atomic E-state index is 0.114. The molecular weight excluding hydrogens is 402 g/mol. The van der Waals surface area contributed by atoms with Crippen molar-refractivity contribution in [3.05, 3.63) is 40.9 Å². The van der Waals surface area contributed by atoms with Crippen molar-refractivity contribution in [2.24, 2.45) is 0 Å². The normalized spacial score (nSPS) is 10.2. The Morgan fingerprint density at radius 3 is 2.31 bits per heavy atom. The molecule has 2 aromatic rings. The average molecular weight is 424 g/mol. The zero-order chi connectivity index (χ0) is 18.9. The smallest absolute Gasteiger partial charge is 0.224 e. The van der Waals surface area contributed by atoms with E-state index in [9.17, 15) is 4.79 Å². The van der Waals surface area contributed by atoms with Crippen LogP contribution < -0.4 is 24.3 Å². The van der Waals surface area contributed by atoms with Crippen molar-refractivity contribution in [3.8, 4) is 23.0 Å². The van der Waals surface area contributed by atoms with E-state index in [-0.39, 0.29) is 5.91 Å². The summed E-state index contributed by atoms with van der Waals surface area (Å²) in [5.41, 5.74) is 0.581. The molecule has 0 bridgehead atoms. The molecular formula is C19H22BrNO5. The summed E-state index contributed by atoms with van der Waals surface area (Å²) in [6, 6.07) is 11.0. The molecule has 0 radical (unpaired) electrons. The molecule has 26 heavy (non-hydrogen) atoms. The molecule has 0 fully saturated rings. The van der Waals surface area contributed by atoms with Gasteiger partial charge in [0.05, 0.1) is 27.9 Å². The van der Waals surface area contributed by atoms with Gasteiger partial charge in [0.2, 0.25) is 11.7 Å². The van der Waals surface area contributed by atoms with Crippen LogP contribution >= 0.6 is 15.9 Å². The second kappa shape index (κ2) is 9.91. The third kappa shape index (κ3) is 5.56.